The molecule has 0 amide bonds. The van der Waals surface area contributed by atoms with Crippen molar-refractivity contribution >= 4 is 5.97 Å². The topological polar surface area (TPSA) is 26.3 Å². The SMILES string of the molecule is CCC(CCCOC(=O)c1ccccc1)C(F)F. The summed E-state index contributed by atoms with van der Waals surface area (Å²) >= 11 is 0. The van der Waals surface area contributed by atoms with Gasteiger partial charge in [-0.05, 0) is 31.4 Å². The van der Waals surface area contributed by atoms with Gasteiger partial charge >= 0.3 is 5.97 Å². The maximum atomic E-state index is 12.4. The summed E-state index contributed by atoms with van der Waals surface area (Å²) < 4.78 is 29.9. The summed E-state index contributed by atoms with van der Waals surface area (Å²) in [6.07, 6.45) is -0.984. The number of ether oxygens (including phenoxy) is 1. The summed E-state index contributed by atoms with van der Waals surface area (Å²) in [5.41, 5.74) is 0.485. The van der Waals surface area contributed by atoms with Crippen molar-refractivity contribution in [3.8, 4) is 0 Å². The van der Waals surface area contributed by atoms with Crippen LogP contribution in [0.15, 0.2) is 30.3 Å². The Morgan fingerprint density at radius 3 is 2.50 bits per heavy atom. The molecule has 1 atom stereocenters. The molecule has 0 radical (unpaired) electrons. The molecule has 2 nitrogen and oxygen atoms in total. The van der Waals surface area contributed by atoms with E-state index in [4.69, 9.17) is 4.74 Å². The number of carbonyl (C=O) groups is 1. The number of halogens is 2. The fourth-order valence-electron chi connectivity index (χ4n) is 1.68. The highest BCUT2D eigenvalue weighted by Crippen LogP contribution is 2.19. The van der Waals surface area contributed by atoms with Gasteiger partial charge in [-0.3, -0.25) is 0 Å². The lowest BCUT2D eigenvalue weighted by Crippen LogP contribution is -2.12. The lowest BCUT2D eigenvalue weighted by molar-refractivity contribution is 0.0441. The van der Waals surface area contributed by atoms with Crippen molar-refractivity contribution in [2.75, 3.05) is 6.61 Å². The molecular formula is C14H18F2O2. The van der Waals surface area contributed by atoms with E-state index < -0.39 is 18.3 Å². The average Bonchev–Trinajstić information content (AvgIpc) is 2.39. The first kappa shape index (κ1) is 14.6. The normalized spacial score (nSPS) is 12.4. The van der Waals surface area contributed by atoms with Gasteiger partial charge in [-0.1, -0.05) is 25.1 Å². The second-order valence-electron chi connectivity index (χ2n) is 4.15. The summed E-state index contributed by atoms with van der Waals surface area (Å²) in [5, 5.41) is 0. The maximum absolute atomic E-state index is 12.4. The van der Waals surface area contributed by atoms with Crippen molar-refractivity contribution in [3.63, 3.8) is 0 Å². The van der Waals surface area contributed by atoms with E-state index in [1.165, 1.54) is 0 Å². The Morgan fingerprint density at radius 2 is 1.94 bits per heavy atom. The molecule has 100 valence electrons. The second-order valence-corrected chi connectivity index (χ2v) is 4.15. The third-order valence-corrected chi connectivity index (χ3v) is 2.84. The van der Waals surface area contributed by atoms with Crippen LogP contribution in [0, 0.1) is 5.92 Å². The summed E-state index contributed by atoms with van der Waals surface area (Å²) in [4.78, 5) is 11.5. The highest BCUT2D eigenvalue weighted by Gasteiger charge is 2.17. The molecule has 18 heavy (non-hydrogen) atoms. The molecule has 0 fully saturated rings. The van der Waals surface area contributed by atoms with Gasteiger partial charge in [0.1, 0.15) is 0 Å². The van der Waals surface area contributed by atoms with Crippen molar-refractivity contribution < 1.29 is 18.3 Å². The van der Waals surface area contributed by atoms with Gasteiger partial charge in [0.05, 0.1) is 12.2 Å². The minimum absolute atomic E-state index is 0.191. The Hall–Kier alpha value is -1.45. The van der Waals surface area contributed by atoms with Gasteiger partial charge in [0.2, 0.25) is 6.43 Å². The highest BCUT2D eigenvalue weighted by atomic mass is 19.3. The van der Waals surface area contributed by atoms with Crippen LogP contribution in [0.1, 0.15) is 36.5 Å². The lowest BCUT2D eigenvalue weighted by atomic mass is 10.0. The molecule has 1 rings (SSSR count). The maximum Gasteiger partial charge on any atom is 0.338 e. The minimum atomic E-state index is -2.29. The van der Waals surface area contributed by atoms with E-state index in [0.29, 0.717) is 24.8 Å². The second kappa shape index (κ2) is 7.80. The molecular weight excluding hydrogens is 238 g/mol. The standard InChI is InChI=1S/C14H18F2O2/c1-2-11(13(15)16)9-6-10-18-14(17)12-7-4-3-5-8-12/h3-5,7-8,11,13H,2,6,9-10H2,1H3. The molecule has 0 aliphatic carbocycles. The Morgan fingerprint density at radius 1 is 1.28 bits per heavy atom. The van der Waals surface area contributed by atoms with Gasteiger partial charge in [0.15, 0.2) is 0 Å². The summed E-state index contributed by atoms with van der Waals surface area (Å²) in [6.45, 7) is 1.93. The Labute approximate surface area is 106 Å². The quantitative estimate of drug-likeness (QED) is 0.546. The number of carbonyl (C=O) groups excluding carboxylic acids is 1. The molecule has 0 N–H and O–H groups in total. The zero-order valence-electron chi connectivity index (χ0n) is 10.4. The number of esters is 1. The first-order valence-corrected chi connectivity index (χ1v) is 6.15. The highest BCUT2D eigenvalue weighted by molar-refractivity contribution is 5.89. The lowest BCUT2D eigenvalue weighted by Gasteiger charge is -2.13. The Balaban J connectivity index is 2.24. The van der Waals surface area contributed by atoms with E-state index in [2.05, 4.69) is 0 Å². The summed E-state index contributed by atoms with van der Waals surface area (Å²) in [6, 6.07) is 8.64. The molecule has 1 aromatic rings. The molecule has 0 saturated heterocycles. The monoisotopic (exact) mass is 256 g/mol. The predicted molar refractivity (Wildman–Crippen MR) is 65.7 cm³/mol. The van der Waals surface area contributed by atoms with Crippen molar-refractivity contribution in [1.29, 1.82) is 0 Å². The van der Waals surface area contributed by atoms with Crippen LogP contribution in [0.3, 0.4) is 0 Å². The summed E-state index contributed by atoms with van der Waals surface area (Å²) in [7, 11) is 0. The van der Waals surface area contributed by atoms with Gasteiger partial charge < -0.3 is 4.74 Å². The van der Waals surface area contributed by atoms with Crippen LogP contribution in [0.5, 0.6) is 0 Å². The van der Waals surface area contributed by atoms with Crippen LogP contribution >= 0.6 is 0 Å². The van der Waals surface area contributed by atoms with Crippen molar-refractivity contribution in [1.82, 2.24) is 0 Å². The number of benzene rings is 1. The molecule has 0 bridgehead atoms. The van der Waals surface area contributed by atoms with Crippen molar-refractivity contribution in [2.24, 2.45) is 5.92 Å². The number of rotatable bonds is 7. The minimum Gasteiger partial charge on any atom is -0.462 e. The zero-order chi connectivity index (χ0) is 13.4. The number of hydrogen-bond acceptors (Lipinski definition) is 2. The van der Waals surface area contributed by atoms with E-state index >= 15 is 0 Å². The average molecular weight is 256 g/mol. The molecule has 0 aromatic heterocycles. The molecule has 0 heterocycles. The van der Waals surface area contributed by atoms with Crippen LogP contribution in [0.4, 0.5) is 8.78 Å². The zero-order valence-corrected chi connectivity index (χ0v) is 10.4. The van der Waals surface area contributed by atoms with Crippen LogP contribution in [0.25, 0.3) is 0 Å². The van der Waals surface area contributed by atoms with E-state index in [9.17, 15) is 13.6 Å². The first-order chi connectivity index (χ1) is 8.65. The Bertz CT molecular complexity index is 352. The van der Waals surface area contributed by atoms with E-state index in [1.807, 2.05) is 6.07 Å². The van der Waals surface area contributed by atoms with Crippen LogP contribution < -0.4 is 0 Å². The van der Waals surface area contributed by atoms with Crippen LogP contribution in [-0.4, -0.2) is 19.0 Å². The third kappa shape index (κ3) is 4.82. The molecule has 0 saturated carbocycles. The fourth-order valence-corrected chi connectivity index (χ4v) is 1.68. The molecule has 0 aliphatic rings. The van der Waals surface area contributed by atoms with Crippen molar-refractivity contribution in [3.05, 3.63) is 35.9 Å². The third-order valence-electron chi connectivity index (χ3n) is 2.84. The van der Waals surface area contributed by atoms with Gasteiger partial charge in [-0.2, -0.15) is 0 Å². The smallest absolute Gasteiger partial charge is 0.338 e. The van der Waals surface area contributed by atoms with E-state index in [-0.39, 0.29) is 6.61 Å². The Kier molecular flexibility index (Phi) is 6.33. The molecule has 1 unspecified atom stereocenters. The van der Waals surface area contributed by atoms with Gasteiger partial charge in [-0.25, -0.2) is 13.6 Å². The molecule has 0 spiro atoms. The van der Waals surface area contributed by atoms with Gasteiger partial charge in [0.25, 0.3) is 0 Å². The largest absolute Gasteiger partial charge is 0.462 e. The number of hydrogen-bond donors (Lipinski definition) is 0. The molecule has 1 aromatic carbocycles. The number of alkyl halides is 2. The van der Waals surface area contributed by atoms with Crippen LogP contribution in [0.2, 0.25) is 0 Å². The predicted octanol–water partition coefficient (Wildman–Crippen LogP) is 3.91. The fraction of sp³-hybridized carbons (Fsp3) is 0.500. The molecule has 0 aliphatic heterocycles. The first-order valence-electron chi connectivity index (χ1n) is 6.15. The van der Waals surface area contributed by atoms with Crippen LogP contribution in [-0.2, 0) is 4.74 Å². The summed E-state index contributed by atoms with van der Waals surface area (Å²) in [5.74, 6) is -0.999. The van der Waals surface area contributed by atoms with E-state index in [1.54, 1.807) is 31.2 Å². The van der Waals surface area contributed by atoms with Gasteiger partial charge in [0, 0.05) is 5.92 Å². The molecule has 4 heteroatoms. The van der Waals surface area contributed by atoms with Crippen molar-refractivity contribution in [2.45, 2.75) is 32.6 Å². The van der Waals surface area contributed by atoms with E-state index in [0.717, 1.165) is 0 Å². The van der Waals surface area contributed by atoms with Gasteiger partial charge in [-0.15, -0.1) is 0 Å².